The molecule has 1 aliphatic rings. The van der Waals surface area contributed by atoms with E-state index in [-0.39, 0.29) is 11.5 Å². The van der Waals surface area contributed by atoms with E-state index in [1.807, 2.05) is 30.3 Å². The second kappa shape index (κ2) is 5.64. The minimum absolute atomic E-state index is 0.154. The first-order valence-electron chi connectivity index (χ1n) is 7.01. The molecule has 2 rings (SSSR count). The molecule has 0 heterocycles. The van der Waals surface area contributed by atoms with Crippen molar-refractivity contribution < 1.29 is 9.90 Å². The molecule has 0 bridgehead atoms. The maximum absolute atomic E-state index is 11.5. The van der Waals surface area contributed by atoms with Gasteiger partial charge in [-0.2, -0.15) is 0 Å². The van der Waals surface area contributed by atoms with Gasteiger partial charge in [0.25, 0.3) is 0 Å². The lowest BCUT2D eigenvalue weighted by atomic mass is 9.74. The van der Waals surface area contributed by atoms with Gasteiger partial charge in [0.2, 0.25) is 0 Å². The SMILES string of the molecule is CC1(C)CCCC(N(Cc2ccccc2)C(=O)O)C1. The fraction of sp³-hybridized carbons (Fsp3) is 0.562. The summed E-state index contributed by atoms with van der Waals surface area (Å²) in [6.07, 6.45) is 3.47. The molecule has 0 aromatic heterocycles. The van der Waals surface area contributed by atoms with Gasteiger partial charge in [-0.15, -0.1) is 0 Å². The zero-order chi connectivity index (χ0) is 13.9. The number of hydrogen-bond donors (Lipinski definition) is 1. The van der Waals surface area contributed by atoms with Crippen LogP contribution in [0.2, 0.25) is 0 Å². The van der Waals surface area contributed by atoms with Crippen molar-refractivity contribution in [2.75, 3.05) is 0 Å². The second-order valence-electron chi connectivity index (χ2n) is 6.31. The van der Waals surface area contributed by atoms with Crippen LogP contribution >= 0.6 is 0 Å². The van der Waals surface area contributed by atoms with E-state index in [2.05, 4.69) is 13.8 Å². The Morgan fingerprint density at radius 3 is 2.63 bits per heavy atom. The molecule has 0 saturated heterocycles. The van der Waals surface area contributed by atoms with Gasteiger partial charge < -0.3 is 10.0 Å². The lowest BCUT2D eigenvalue weighted by Gasteiger charge is -2.40. The Labute approximate surface area is 115 Å². The number of hydrogen-bond acceptors (Lipinski definition) is 1. The monoisotopic (exact) mass is 261 g/mol. The molecule has 0 radical (unpaired) electrons. The van der Waals surface area contributed by atoms with E-state index in [1.54, 1.807) is 4.90 Å². The normalized spacial score (nSPS) is 21.9. The van der Waals surface area contributed by atoms with E-state index in [4.69, 9.17) is 0 Å². The third-order valence-corrected chi connectivity index (χ3v) is 4.06. The molecule has 1 saturated carbocycles. The summed E-state index contributed by atoms with van der Waals surface area (Å²) in [5.74, 6) is 0. The lowest BCUT2D eigenvalue weighted by molar-refractivity contribution is 0.0777. The van der Waals surface area contributed by atoms with E-state index < -0.39 is 6.09 Å². The van der Waals surface area contributed by atoms with Crippen molar-refractivity contribution in [2.24, 2.45) is 5.41 Å². The maximum atomic E-state index is 11.5. The molecule has 1 fully saturated rings. The first kappa shape index (κ1) is 13.9. The van der Waals surface area contributed by atoms with Gasteiger partial charge >= 0.3 is 6.09 Å². The summed E-state index contributed by atoms with van der Waals surface area (Å²) < 4.78 is 0. The molecule has 1 aromatic rings. The number of carboxylic acid groups (broad SMARTS) is 1. The number of rotatable bonds is 3. The number of benzene rings is 1. The Kier molecular flexibility index (Phi) is 4.13. The van der Waals surface area contributed by atoms with Crippen LogP contribution in [0.25, 0.3) is 0 Å². The summed E-state index contributed by atoms with van der Waals surface area (Å²) in [6, 6.07) is 10.0. The van der Waals surface area contributed by atoms with E-state index >= 15 is 0 Å². The predicted octanol–water partition coefficient (Wildman–Crippen LogP) is 4.14. The molecular formula is C16H23NO2. The second-order valence-corrected chi connectivity index (χ2v) is 6.31. The molecule has 3 heteroatoms. The van der Waals surface area contributed by atoms with Crippen LogP contribution in [0, 0.1) is 5.41 Å². The highest BCUT2D eigenvalue weighted by Gasteiger charge is 2.33. The highest BCUT2D eigenvalue weighted by molar-refractivity contribution is 5.65. The molecule has 1 unspecified atom stereocenters. The largest absolute Gasteiger partial charge is 0.465 e. The van der Waals surface area contributed by atoms with Gasteiger partial charge in [0, 0.05) is 12.6 Å². The number of carbonyl (C=O) groups is 1. The van der Waals surface area contributed by atoms with Crippen molar-refractivity contribution in [3.05, 3.63) is 35.9 Å². The van der Waals surface area contributed by atoms with E-state index in [1.165, 1.54) is 6.42 Å². The summed E-state index contributed by atoms with van der Waals surface area (Å²) >= 11 is 0. The zero-order valence-electron chi connectivity index (χ0n) is 11.8. The van der Waals surface area contributed by atoms with Gasteiger partial charge in [-0.25, -0.2) is 4.79 Å². The zero-order valence-corrected chi connectivity index (χ0v) is 11.8. The summed E-state index contributed by atoms with van der Waals surface area (Å²) in [5.41, 5.74) is 1.32. The van der Waals surface area contributed by atoms with Gasteiger partial charge in [0.15, 0.2) is 0 Å². The molecule has 1 aliphatic carbocycles. The molecule has 0 aliphatic heterocycles. The fourth-order valence-corrected chi connectivity index (χ4v) is 3.06. The van der Waals surface area contributed by atoms with Crippen LogP contribution < -0.4 is 0 Å². The van der Waals surface area contributed by atoms with E-state index in [0.29, 0.717) is 6.54 Å². The third-order valence-electron chi connectivity index (χ3n) is 4.06. The number of amides is 1. The van der Waals surface area contributed by atoms with E-state index in [9.17, 15) is 9.90 Å². The fourth-order valence-electron chi connectivity index (χ4n) is 3.06. The molecule has 1 amide bonds. The van der Waals surface area contributed by atoms with Crippen LogP contribution in [-0.2, 0) is 6.54 Å². The van der Waals surface area contributed by atoms with Crippen LogP contribution in [0.4, 0.5) is 4.79 Å². The maximum Gasteiger partial charge on any atom is 0.407 e. The van der Waals surface area contributed by atoms with Gasteiger partial charge in [0.1, 0.15) is 0 Å². The highest BCUT2D eigenvalue weighted by atomic mass is 16.4. The van der Waals surface area contributed by atoms with E-state index in [0.717, 1.165) is 24.8 Å². The Balaban J connectivity index is 2.10. The molecule has 19 heavy (non-hydrogen) atoms. The van der Waals surface area contributed by atoms with Crippen molar-refractivity contribution in [1.29, 1.82) is 0 Å². The standard InChI is InChI=1S/C16H23NO2/c1-16(2)10-6-9-14(11-16)17(15(18)19)12-13-7-4-3-5-8-13/h3-5,7-8,14H,6,9-12H2,1-2H3,(H,18,19). The van der Waals surface area contributed by atoms with Crippen molar-refractivity contribution in [1.82, 2.24) is 4.90 Å². The van der Waals surface area contributed by atoms with Crippen LogP contribution in [0.15, 0.2) is 30.3 Å². The Morgan fingerprint density at radius 2 is 2.05 bits per heavy atom. The molecule has 3 nitrogen and oxygen atoms in total. The molecule has 1 aromatic carbocycles. The van der Waals surface area contributed by atoms with Crippen molar-refractivity contribution in [3.63, 3.8) is 0 Å². The predicted molar refractivity (Wildman–Crippen MR) is 76.0 cm³/mol. The Hall–Kier alpha value is -1.51. The first-order chi connectivity index (χ1) is 8.98. The van der Waals surface area contributed by atoms with Crippen molar-refractivity contribution in [2.45, 2.75) is 52.1 Å². The summed E-state index contributed by atoms with van der Waals surface area (Å²) in [5, 5.41) is 9.48. The summed E-state index contributed by atoms with van der Waals surface area (Å²) in [4.78, 5) is 13.2. The van der Waals surface area contributed by atoms with Gasteiger partial charge in [-0.1, -0.05) is 50.6 Å². The number of nitrogens with zero attached hydrogens (tertiary/aromatic N) is 1. The molecular weight excluding hydrogens is 238 g/mol. The van der Waals surface area contributed by atoms with Crippen LogP contribution in [0.1, 0.15) is 45.1 Å². The highest BCUT2D eigenvalue weighted by Crippen LogP contribution is 2.37. The topological polar surface area (TPSA) is 40.5 Å². The van der Waals surface area contributed by atoms with Gasteiger partial charge in [-0.05, 0) is 30.2 Å². The van der Waals surface area contributed by atoms with Gasteiger partial charge in [-0.3, -0.25) is 0 Å². The average molecular weight is 261 g/mol. The summed E-state index contributed by atoms with van der Waals surface area (Å²) in [6.45, 7) is 4.97. The first-order valence-corrected chi connectivity index (χ1v) is 7.01. The minimum atomic E-state index is -0.799. The average Bonchev–Trinajstić information content (AvgIpc) is 2.35. The van der Waals surface area contributed by atoms with Crippen LogP contribution in [0.3, 0.4) is 0 Å². The molecule has 1 atom stereocenters. The smallest absolute Gasteiger partial charge is 0.407 e. The Bertz CT molecular complexity index is 428. The van der Waals surface area contributed by atoms with Crippen LogP contribution in [-0.4, -0.2) is 22.1 Å². The molecule has 0 spiro atoms. The third kappa shape index (κ3) is 3.72. The quantitative estimate of drug-likeness (QED) is 0.888. The summed E-state index contributed by atoms with van der Waals surface area (Å²) in [7, 11) is 0. The molecule has 1 N–H and O–H groups in total. The van der Waals surface area contributed by atoms with Crippen molar-refractivity contribution >= 4 is 6.09 Å². The molecule has 104 valence electrons. The Morgan fingerprint density at radius 1 is 1.37 bits per heavy atom. The minimum Gasteiger partial charge on any atom is -0.465 e. The van der Waals surface area contributed by atoms with Crippen molar-refractivity contribution in [3.8, 4) is 0 Å². The van der Waals surface area contributed by atoms with Crippen LogP contribution in [0.5, 0.6) is 0 Å². The van der Waals surface area contributed by atoms with Gasteiger partial charge in [0.05, 0.1) is 0 Å². The lowest BCUT2D eigenvalue weighted by Crippen LogP contribution is -2.43.